The minimum Gasteiger partial charge on any atom is -0.328 e. The van der Waals surface area contributed by atoms with Gasteiger partial charge in [0.15, 0.2) is 0 Å². The summed E-state index contributed by atoms with van der Waals surface area (Å²) in [4.78, 5) is 42.5. The fraction of sp³-hybridized carbons (Fsp3) is 0.385. The molecule has 2 aliphatic heterocycles. The lowest BCUT2D eigenvalue weighted by molar-refractivity contribution is 0.0598. The van der Waals surface area contributed by atoms with Crippen LogP contribution in [0, 0.1) is 6.92 Å². The maximum Gasteiger partial charge on any atom is 0.254 e. The molecule has 2 aromatic heterocycles. The van der Waals surface area contributed by atoms with Crippen molar-refractivity contribution in [2.75, 3.05) is 13.1 Å². The first kappa shape index (κ1) is 21.5. The molecule has 0 radical (unpaired) electrons. The number of aromatic amines is 1. The van der Waals surface area contributed by atoms with E-state index in [2.05, 4.69) is 14.9 Å². The summed E-state index contributed by atoms with van der Waals surface area (Å²) >= 11 is 0. The first-order valence-corrected chi connectivity index (χ1v) is 11.7. The van der Waals surface area contributed by atoms with E-state index in [1.807, 2.05) is 48.2 Å². The van der Waals surface area contributed by atoms with E-state index in [-0.39, 0.29) is 17.5 Å². The Morgan fingerprint density at radius 2 is 1.88 bits per heavy atom. The zero-order chi connectivity index (χ0) is 22.8. The Morgan fingerprint density at radius 1 is 1.09 bits per heavy atom. The van der Waals surface area contributed by atoms with Gasteiger partial charge in [0.1, 0.15) is 5.82 Å². The number of piperidine rings is 1. The lowest BCUT2D eigenvalue weighted by atomic mass is 9.99. The maximum absolute atomic E-state index is 13.3. The molecule has 0 spiro atoms. The van der Waals surface area contributed by atoms with Crippen molar-refractivity contribution in [2.45, 2.75) is 51.7 Å². The molecule has 5 rings (SSSR count). The number of hydrogen-bond donors (Lipinski definition) is 1. The minimum atomic E-state index is -0.207. The predicted octanol–water partition coefficient (Wildman–Crippen LogP) is 3.40. The largest absolute Gasteiger partial charge is 0.328 e. The van der Waals surface area contributed by atoms with Crippen molar-refractivity contribution in [3.8, 4) is 0 Å². The SMILES string of the molecule is Cc1ccc(C(=O)N2CCCC[C@H]2c2nc3c(c(=O)[nH]2)CCN(Cc2ccncc2)C3)cc1. The third kappa shape index (κ3) is 4.59. The van der Waals surface area contributed by atoms with E-state index in [4.69, 9.17) is 4.98 Å². The minimum absolute atomic E-state index is 0.000571. The first-order chi connectivity index (χ1) is 16.1. The number of carbonyl (C=O) groups excluding carboxylic acids is 1. The van der Waals surface area contributed by atoms with Gasteiger partial charge in [0.2, 0.25) is 0 Å². The van der Waals surface area contributed by atoms with Gasteiger partial charge in [-0.3, -0.25) is 19.5 Å². The Kier molecular flexibility index (Phi) is 6.05. The fourth-order valence-corrected chi connectivity index (χ4v) is 4.87. The van der Waals surface area contributed by atoms with Crippen LogP contribution < -0.4 is 5.56 Å². The number of nitrogens with zero attached hydrogens (tertiary/aromatic N) is 4. The van der Waals surface area contributed by atoms with Crippen LogP contribution in [0.15, 0.2) is 53.6 Å². The average Bonchev–Trinajstić information content (AvgIpc) is 2.84. The first-order valence-electron chi connectivity index (χ1n) is 11.7. The Morgan fingerprint density at radius 3 is 2.67 bits per heavy atom. The molecule has 7 nitrogen and oxygen atoms in total. The van der Waals surface area contributed by atoms with E-state index >= 15 is 0 Å². The van der Waals surface area contributed by atoms with Gasteiger partial charge < -0.3 is 9.88 Å². The van der Waals surface area contributed by atoms with E-state index in [1.54, 1.807) is 12.4 Å². The van der Waals surface area contributed by atoms with Crippen molar-refractivity contribution < 1.29 is 4.79 Å². The van der Waals surface area contributed by atoms with E-state index in [9.17, 15) is 9.59 Å². The summed E-state index contributed by atoms with van der Waals surface area (Å²) in [6.45, 7) is 4.94. The van der Waals surface area contributed by atoms with Crippen LogP contribution in [0.25, 0.3) is 0 Å². The maximum atomic E-state index is 13.3. The summed E-state index contributed by atoms with van der Waals surface area (Å²) < 4.78 is 0. The Bertz CT molecular complexity index is 1190. The third-order valence-electron chi connectivity index (χ3n) is 6.70. The number of carbonyl (C=O) groups is 1. The second kappa shape index (κ2) is 9.27. The molecule has 0 unspecified atom stereocenters. The van der Waals surface area contributed by atoms with Gasteiger partial charge in [-0.25, -0.2) is 4.98 Å². The van der Waals surface area contributed by atoms with Crippen molar-refractivity contribution >= 4 is 5.91 Å². The van der Waals surface area contributed by atoms with Crippen LogP contribution in [0.1, 0.15) is 63.9 Å². The van der Waals surface area contributed by atoms with Crippen molar-refractivity contribution in [3.05, 3.63) is 92.9 Å². The summed E-state index contributed by atoms with van der Waals surface area (Å²) in [6, 6.07) is 11.5. The molecule has 1 saturated heterocycles. The smallest absolute Gasteiger partial charge is 0.254 e. The topological polar surface area (TPSA) is 82.2 Å². The zero-order valence-electron chi connectivity index (χ0n) is 19.0. The van der Waals surface area contributed by atoms with Crippen molar-refractivity contribution in [1.29, 1.82) is 0 Å². The molecule has 1 fully saturated rings. The second-order valence-corrected chi connectivity index (χ2v) is 9.07. The quantitative estimate of drug-likeness (QED) is 0.668. The molecule has 33 heavy (non-hydrogen) atoms. The molecule has 3 aromatic rings. The number of benzene rings is 1. The van der Waals surface area contributed by atoms with E-state index in [0.29, 0.717) is 30.9 Å². The molecule has 0 saturated carbocycles. The number of amides is 1. The average molecular weight is 444 g/mol. The van der Waals surface area contributed by atoms with Crippen LogP contribution in [-0.4, -0.2) is 43.7 Å². The lowest BCUT2D eigenvalue weighted by Gasteiger charge is -2.36. The molecular weight excluding hydrogens is 414 g/mol. The van der Waals surface area contributed by atoms with Crippen LogP contribution in [0.2, 0.25) is 0 Å². The second-order valence-electron chi connectivity index (χ2n) is 9.07. The standard InChI is InChI=1S/C26H29N5O2/c1-18-5-7-20(8-6-18)26(33)31-14-3-2-4-23(31)24-28-22-17-30(15-11-21(22)25(32)29-24)16-19-9-12-27-13-10-19/h5-10,12-13,23H,2-4,11,14-17H2,1H3,(H,28,29,32)/t23-/m0/s1. The van der Waals surface area contributed by atoms with Crippen LogP contribution in [0.3, 0.4) is 0 Å². The fourth-order valence-electron chi connectivity index (χ4n) is 4.87. The van der Waals surface area contributed by atoms with E-state index < -0.39 is 0 Å². The predicted molar refractivity (Wildman–Crippen MR) is 126 cm³/mol. The number of rotatable bonds is 4. The highest BCUT2D eigenvalue weighted by Crippen LogP contribution is 2.31. The highest BCUT2D eigenvalue weighted by Gasteiger charge is 2.32. The van der Waals surface area contributed by atoms with Gasteiger partial charge in [-0.1, -0.05) is 17.7 Å². The Balaban J connectivity index is 1.41. The zero-order valence-corrected chi connectivity index (χ0v) is 19.0. The van der Waals surface area contributed by atoms with Gasteiger partial charge in [-0.15, -0.1) is 0 Å². The van der Waals surface area contributed by atoms with E-state index in [0.717, 1.165) is 49.2 Å². The number of aryl methyl sites for hydroxylation is 1. The monoisotopic (exact) mass is 443 g/mol. The van der Waals surface area contributed by atoms with Crippen LogP contribution >= 0.6 is 0 Å². The van der Waals surface area contributed by atoms with Crippen molar-refractivity contribution in [3.63, 3.8) is 0 Å². The number of hydrogen-bond acceptors (Lipinski definition) is 5. The molecular formula is C26H29N5O2. The summed E-state index contributed by atoms with van der Waals surface area (Å²) in [5.74, 6) is 0.615. The highest BCUT2D eigenvalue weighted by molar-refractivity contribution is 5.94. The number of likely N-dealkylation sites (tertiary alicyclic amines) is 1. The molecule has 1 atom stereocenters. The molecule has 7 heteroatoms. The summed E-state index contributed by atoms with van der Waals surface area (Å²) in [7, 11) is 0. The molecule has 2 aliphatic rings. The Hall–Kier alpha value is -3.32. The number of pyridine rings is 1. The van der Waals surface area contributed by atoms with Crippen LogP contribution in [0.5, 0.6) is 0 Å². The molecule has 1 N–H and O–H groups in total. The summed E-state index contributed by atoms with van der Waals surface area (Å²) in [5, 5.41) is 0. The van der Waals surface area contributed by atoms with Crippen LogP contribution in [-0.2, 0) is 19.5 Å². The van der Waals surface area contributed by atoms with Crippen LogP contribution in [0.4, 0.5) is 0 Å². The van der Waals surface area contributed by atoms with Gasteiger partial charge in [-0.05, 0) is 62.4 Å². The summed E-state index contributed by atoms with van der Waals surface area (Å²) in [5.41, 5.74) is 4.54. The molecule has 0 bridgehead atoms. The summed E-state index contributed by atoms with van der Waals surface area (Å²) in [6.07, 6.45) is 7.06. The lowest BCUT2D eigenvalue weighted by Crippen LogP contribution is -2.41. The van der Waals surface area contributed by atoms with Crippen molar-refractivity contribution in [1.82, 2.24) is 24.8 Å². The van der Waals surface area contributed by atoms with Gasteiger partial charge in [0.05, 0.1) is 11.7 Å². The normalized spacial score (nSPS) is 18.7. The highest BCUT2D eigenvalue weighted by atomic mass is 16.2. The van der Waals surface area contributed by atoms with Gasteiger partial charge in [0, 0.05) is 49.7 Å². The Labute approximate surface area is 193 Å². The number of H-pyrrole nitrogens is 1. The number of fused-ring (bicyclic) bond motifs is 1. The number of nitrogens with one attached hydrogen (secondary N) is 1. The van der Waals surface area contributed by atoms with Gasteiger partial charge in [-0.2, -0.15) is 0 Å². The van der Waals surface area contributed by atoms with E-state index in [1.165, 1.54) is 5.56 Å². The van der Waals surface area contributed by atoms with Gasteiger partial charge >= 0.3 is 0 Å². The molecule has 170 valence electrons. The molecule has 1 aromatic carbocycles. The molecule has 0 aliphatic carbocycles. The van der Waals surface area contributed by atoms with Crippen molar-refractivity contribution in [2.24, 2.45) is 0 Å². The molecule has 4 heterocycles. The number of aromatic nitrogens is 3. The molecule has 1 amide bonds. The van der Waals surface area contributed by atoms with Gasteiger partial charge in [0.25, 0.3) is 11.5 Å². The third-order valence-corrected chi connectivity index (χ3v) is 6.70.